The molecule has 17 N–H and O–H groups in total. The molecule has 0 aromatic carbocycles. The van der Waals surface area contributed by atoms with Gasteiger partial charge in [0.25, 0.3) is 0 Å². The monoisotopic (exact) mass is 1290 g/mol. The highest BCUT2D eigenvalue weighted by Crippen LogP contribution is 2.74. The molecule has 0 aromatic heterocycles. The summed E-state index contributed by atoms with van der Waals surface area (Å²) in [5.74, 6) is 0. The molecule has 78 heavy (non-hydrogen) atoms. The molecule has 6 fully saturated rings. The Bertz CT molecular complexity index is 1950. The molecule has 40 heteroatoms. The van der Waals surface area contributed by atoms with E-state index in [2.05, 4.69) is 35.7 Å². The van der Waals surface area contributed by atoms with Gasteiger partial charge in [0, 0.05) is 7.11 Å². The Hall–Kier alpha value is 1.84. The summed E-state index contributed by atoms with van der Waals surface area (Å²) < 4.78 is 99.6. The minimum Gasteiger partial charge on any atom is -0.513 e. The Morgan fingerprint density at radius 1 is 0.397 bits per heavy atom. The van der Waals surface area contributed by atoms with Gasteiger partial charge in [-0.15, -0.1) is 0 Å². The van der Waals surface area contributed by atoms with E-state index < -0.39 is 237 Å². The van der Waals surface area contributed by atoms with Gasteiger partial charge in [-0.2, -0.15) is 13.0 Å². The summed E-state index contributed by atoms with van der Waals surface area (Å²) in [6.45, 7) is -10.5. The van der Waals surface area contributed by atoms with Gasteiger partial charge < -0.3 is 191 Å². The third-order valence-electron chi connectivity index (χ3n) is 13.6. The molecule has 6 saturated heterocycles. The molecular weight excluding hydrogens is 1220 g/mol. The van der Waals surface area contributed by atoms with Crippen molar-refractivity contribution in [1.82, 2.24) is 0 Å². The van der Waals surface area contributed by atoms with E-state index in [1.54, 1.807) is 0 Å². The van der Waals surface area contributed by atoms with Crippen molar-refractivity contribution in [2.24, 2.45) is 0 Å². The smallest absolute Gasteiger partial charge is 0.189 e. The predicted molar refractivity (Wildman–Crippen MR) is 271 cm³/mol. The van der Waals surface area contributed by atoms with Gasteiger partial charge in [-0.25, -0.2) is 0 Å². The van der Waals surface area contributed by atoms with Gasteiger partial charge in [0.2, 0.25) is 0 Å². The topological polar surface area (TPSA) is 498 Å². The van der Waals surface area contributed by atoms with E-state index in [4.69, 9.17) is 61.6 Å². The van der Waals surface area contributed by atoms with Gasteiger partial charge in [-0.1, -0.05) is 0 Å². The van der Waals surface area contributed by atoms with E-state index in [1.807, 2.05) is 0 Å². The van der Waals surface area contributed by atoms with Crippen LogP contribution in [-0.2, 0) is 70.7 Å². The molecule has 6 aliphatic heterocycles. The zero-order valence-electron chi connectivity index (χ0n) is 40.9. The fraction of sp³-hybridized carbons (Fsp3) is 1.00. The van der Waals surface area contributed by atoms with Crippen LogP contribution in [0.3, 0.4) is 0 Å². The van der Waals surface area contributed by atoms with Gasteiger partial charge in [0.05, 0.1) is 38.6 Å². The summed E-state index contributed by atoms with van der Waals surface area (Å²) >= 11 is 0. The normalized spacial score (nSPS) is 49.5. The predicted octanol–water partition coefficient (Wildman–Crippen LogP) is -7.31. The van der Waals surface area contributed by atoms with Crippen LogP contribution in [0.4, 0.5) is 0 Å². The van der Waals surface area contributed by atoms with Crippen LogP contribution in [0.25, 0.3) is 0 Å². The van der Waals surface area contributed by atoms with Crippen LogP contribution in [0.2, 0.25) is 0 Å². The number of hydrogen-bond donors (Lipinski definition) is 17. The summed E-state index contributed by atoms with van der Waals surface area (Å²) in [6, 6.07) is 0. The fourth-order valence-electron chi connectivity index (χ4n) is 9.10. The van der Waals surface area contributed by atoms with E-state index >= 15 is 0 Å². The third kappa shape index (κ3) is 16.3. The van der Waals surface area contributed by atoms with Gasteiger partial charge in [-0.3, -0.25) is 17.9 Å². The van der Waals surface area contributed by atoms with Crippen molar-refractivity contribution < 1.29 is 158 Å². The first kappa shape index (κ1) is 68.9. The Morgan fingerprint density at radius 3 is 1.17 bits per heavy atom. The lowest BCUT2D eigenvalue weighted by atomic mass is 9.96. The molecule has 34 atom stereocenters. The number of aliphatic hydroxyl groups excluding tert-OH is 17. The molecule has 0 spiro atoms. The van der Waals surface area contributed by atoms with Crippen LogP contribution >= 0.6 is 64.7 Å². The van der Waals surface area contributed by atoms with Crippen molar-refractivity contribution in [2.45, 2.75) is 184 Å². The van der Waals surface area contributed by atoms with Crippen molar-refractivity contribution >= 4 is 64.7 Å². The van der Waals surface area contributed by atoms with E-state index in [9.17, 15) is 95.9 Å². The second kappa shape index (κ2) is 30.2. The van der Waals surface area contributed by atoms with Crippen LogP contribution in [0.15, 0.2) is 0 Å². The standard InChI is InChI=1S/C38H70O32P8/c1-58-8-61-34-29(55)30(68-38-32(25(51)16(42)10(3-40)63-38)70-36-28(54)23(49)19(45)14(67-36)7-78(57,74)76-72)20(46)12(65-34)5-59-33-26(52)21(47)17(43)11(64-33)4-60-37-31(24(50)15(41)9(2-39)62-37)69-35-27(53)22(48)18(44)13(66-35)6-77(56,73)75-71/h9-55,73-74H,2-8,71-72H2,1H3/q-4/t9?,10?,11?,12?,13?,14?,15-,16-,17-,18-,19-,20-,21?,22?,23?,24?,25?,26-,27-,28-,29?,30+,31-,32-,33+,34-,35-,36-,37+,38-,77?,78?/m1/s1. The quantitative estimate of drug-likeness (QED) is 0.0334. The van der Waals surface area contributed by atoms with Crippen LogP contribution in [0, 0.1) is 0 Å². The average Bonchev–Trinajstić information content (AvgIpc) is 3.42. The SMILES string of the molecule is COCO[C@@H]1OC(CO[C@H]2OC(CO[C@H]3OC(CO)[C@@H](O)C(O)[C@H]3O[C@H]3OC(CP(=O)([PH-])[P-]P)[C@@H](O)C(O)[C@H]3O)[C@@H](O)C(O)[C@H]2O)[C@@H](O)[C@H](O[C@H]2OC(CO)[C@@H](O)C(O)[C@H]2O[C@H]2OC(CP(=O)([PH-])[P-]P)[C@@H](O)C(O)[C@H]2O)C1O. The number of ether oxygens (including phenoxy) is 13. The highest BCUT2D eigenvalue weighted by atomic mass is 32.6. The first-order valence-corrected chi connectivity index (χ1v) is 36.7. The lowest BCUT2D eigenvalue weighted by molar-refractivity contribution is -0.391. The molecule has 32 nitrogen and oxygen atoms in total. The van der Waals surface area contributed by atoms with Gasteiger partial charge in [0.1, 0.15) is 141 Å². The maximum Gasteiger partial charge on any atom is 0.189 e. The molecular formula is C38H70O32P8-4. The lowest BCUT2D eigenvalue weighted by Gasteiger charge is -2.49. The summed E-state index contributed by atoms with van der Waals surface area (Å²) in [6.07, 6.45) is -57.1. The Morgan fingerprint density at radius 2 is 0.731 bits per heavy atom. The summed E-state index contributed by atoms with van der Waals surface area (Å²) in [5, 5.41) is 185. The molecule has 16 unspecified atom stereocenters. The van der Waals surface area contributed by atoms with Crippen molar-refractivity contribution in [3.05, 3.63) is 0 Å². The van der Waals surface area contributed by atoms with Crippen LogP contribution in [-0.4, -0.2) is 324 Å². The van der Waals surface area contributed by atoms with E-state index in [1.165, 1.54) is 7.11 Å². The fourth-order valence-corrected chi connectivity index (χ4v) is 15.2. The average molecular weight is 1290 g/mol. The minimum atomic E-state index is -3.23. The molecule has 0 bridgehead atoms. The number of rotatable bonds is 23. The number of hydrogen-bond acceptors (Lipinski definition) is 32. The van der Waals surface area contributed by atoms with Crippen molar-refractivity contribution in [3.63, 3.8) is 0 Å². The number of methoxy groups -OCH3 is 1. The summed E-state index contributed by atoms with van der Waals surface area (Å²) in [4.78, 5) is 0. The molecule has 0 aromatic rings. The highest BCUT2D eigenvalue weighted by molar-refractivity contribution is 8.64. The molecule has 0 radical (unpaired) electrons. The zero-order valence-corrected chi connectivity index (χ0v) is 48.8. The molecule has 6 aliphatic rings. The van der Waals surface area contributed by atoms with Gasteiger partial charge >= 0.3 is 0 Å². The number of aliphatic hydroxyl groups is 17. The third-order valence-corrected chi connectivity index (χ3v) is 33.3. The van der Waals surface area contributed by atoms with E-state index in [-0.39, 0.29) is 22.1 Å². The summed E-state index contributed by atoms with van der Waals surface area (Å²) in [7, 11) is 12.4. The lowest BCUT2D eigenvalue weighted by Crippen LogP contribution is -2.67. The Balaban J connectivity index is 1.17. The second-order valence-electron chi connectivity index (χ2n) is 19.0. The molecule has 458 valence electrons. The summed E-state index contributed by atoms with van der Waals surface area (Å²) in [5.41, 5.74) is 0. The van der Waals surface area contributed by atoms with Crippen LogP contribution < -0.4 is 0 Å². The van der Waals surface area contributed by atoms with Crippen molar-refractivity contribution in [1.29, 1.82) is 0 Å². The van der Waals surface area contributed by atoms with Crippen molar-refractivity contribution in [2.75, 3.05) is 52.7 Å². The zero-order chi connectivity index (χ0) is 57.9. The minimum absolute atomic E-state index is 0.271. The van der Waals surface area contributed by atoms with E-state index in [0.717, 1.165) is 0 Å². The van der Waals surface area contributed by atoms with E-state index in [0.29, 0.717) is 0 Å². The maximum atomic E-state index is 12.9. The Kier molecular flexibility index (Phi) is 26.7. The molecule has 6 heterocycles. The largest absolute Gasteiger partial charge is 0.513 e. The Labute approximate surface area is 457 Å². The van der Waals surface area contributed by atoms with Crippen molar-refractivity contribution in [3.8, 4) is 0 Å². The van der Waals surface area contributed by atoms with Gasteiger partial charge in [-0.05, 0) is 12.3 Å². The molecule has 0 aliphatic carbocycles. The molecule has 0 amide bonds. The maximum absolute atomic E-state index is 12.9. The first-order chi connectivity index (χ1) is 36.6. The van der Waals surface area contributed by atoms with Gasteiger partial charge in [0.15, 0.2) is 37.7 Å². The first-order valence-electron chi connectivity index (χ1n) is 23.8. The molecule has 6 rings (SSSR count). The highest BCUT2D eigenvalue weighted by Gasteiger charge is 2.56. The molecule has 0 saturated carbocycles. The second-order valence-corrected chi connectivity index (χ2v) is 39.0. The van der Waals surface area contributed by atoms with Crippen LogP contribution in [0.1, 0.15) is 0 Å². The van der Waals surface area contributed by atoms with Crippen LogP contribution in [0.5, 0.6) is 0 Å².